The highest BCUT2D eigenvalue weighted by molar-refractivity contribution is 7.70. The van der Waals surface area contributed by atoms with Gasteiger partial charge < -0.3 is 9.64 Å². The Labute approximate surface area is 137 Å². The minimum absolute atomic E-state index is 0.0665. The summed E-state index contributed by atoms with van der Waals surface area (Å²) in [5.41, 5.74) is 1.15. The SMILES string of the molecule is CCCCOc1ccc(CN(C)c2ssc(=O)c2Cl)cc1. The van der Waals surface area contributed by atoms with Crippen LogP contribution in [0.5, 0.6) is 5.75 Å². The number of anilines is 1. The third-order valence-corrected chi connectivity index (χ3v) is 5.88. The standard InChI is InChI=1S/C15H18ClNO2S2/c1-3-4-9-19-12-7-5-11(6-8-12)10-17(2)14-13(16)15(18)21-20-14/h5-8H,3-4,9-10H2,1-2H3. The predicted octanol–water partition coefficient (Wildman–Crippen LogP) is 4.64. The van der Waals surface area contributed by atoms with Gasteiger partial charge in [0.2, 0.25) is 0 Å². The van der Waals surface area contributed by atoms with E-state index in [0.29, 0.717) is 11.6 Å². The van der Waals surface area contributed by atoms with Crippen molar-refractivity contribution in [2.45, 2.75) is 26.3 Å². The summed E-state index contributed by atoms with van der Waals surface area (Å²) in [6, 6.07) is 8.05. The first-order valence-corrected chi connectivity index (χ1v) is 9.36. The number of hydrogen-bond acceptors (Lipinski definition) is 5. The zero-order valence-electron chi connectivity index (χ0n) is 12.1. The monoisotopic (exact) mass is 343 g/mol. The van der Waals surface area contributed by atoms with Crippen LogP contribution in [0.4, 0.5) is 5.00 Å². The first-order valence-electron chi connectivity index (χ1n) is 6.83. The molecule has 2 rings (SSSR count). The molecular formula is C15H18ClNO2S2. The molecular weight excluding hydrogens is 326 g/mol. The number of benzene rings is 1. The van der Waals surface area contributed by atoms with E-state index in [1.165, 1.54) is 20.7 Å². The highest BCUT2D eigenvalue weighted by Gasteiger charge is 2.13. The van der Waals surface area contributed by atoms with Crippen molar-refractivity contribution in [1.82, 2.24) is 0 Å². The quantitative estimate of drug-likeness (QED) is 0.542. The van der Waals surface area contributed by atoms with E-state index in [1.807, 2.05) is 36.2 Å². The van der Waals surface area contributed by atoms with E-state index in [9.17, 15) is 4.79 Å². The molecule has 1 aromatic heterocycles. The maximum atomic E-state index is 11.4. The average Bonchev–Trinajstić information content (AvgIpc) is 2.81. The molecule has 6 heteroatoms. The Hall–Kier alpha value is -1.04. The van der Waals surface area contributed by atoms with Gasteiger partial charge >= 0.3 is 0 Å². The van der Waals surface area contributed by atoms with Crippen molar-refractivity contribution in [3.8, 4) is 5.75 Å². The van der Waals surface area contributed by atoms with Crippen molar-refractivity contribution in [3.63, 3.8) is 0 Å². The van der Waals surface area contributed by atoms with Crippen molar-refractivity contribution in [2.75, 3.05) is 18.6 Å². The van der Waals surface area contributed by atoms with E-state index < -0.39 is 0 Å². The third-order valence-electron chi connectivity index (χ3n) is 3.02. The Bertz CT molecular complexity index is 621. The second kappa shape index (κ2) is 7.82. The lowest BCUT2D eigenvalue weighted by Gasteiger charge is -2.17. The topological polar surface area (TPSA) is 29.5 Å². The molecule has 0 unspecified atom stereocenters. The van der Waals surface area contributed by atoms with E-state index in [4.69, 9.17) is 16.3 Å². The second-order valence-corrected chi connectivity index (χ2v) is 7.24. The van der Waals surface area contributed by atoms with Crippen LogP contribution in [-0.2, 0) is 6.54 Å². The molecule has 0 bridgehead atoms. The Morgan fingerprint density at radius 1 is 1.24 bits per heavy atom. The van der Waals surface area contributed by atoms with E-state index in [2.05, 4.69) is 6.92 Å². The molecule has 0 amide bonds. The fraction of sp³-hybridized carbons (Fsp3) is 0.400. The van der Waals surface area contributed by atoms with E-state index >= 15 is 0 Å². The van der Waals surface area contributed by atoms with Crippen LogP contribution in [0.1, 0.15) is 25.3 Å². The van der Waals surface area contributed by atoms with Gasteiger partial charge in [0.25, 0.3) is 4.74 Å². The zero-order valence-corrected chi connectivity index (χ0v) is 14.5. The molecule has 114 valence electrons. The first kappa shape index (κ1) is 16.3. The molecule has 21 heavy (non-hydrogen) atoms. The maximum Gasteiger partial charge on any atom is 0.263 e. The van der Waals surface area contributed by atoms with Gasteiger partial charge in [0.15, 0.2) is 0 Å². The summed E-state index contributed by atoms with van der Waals surface area (Å²) in [4.78, 5) is 13.4. The molecule has 0 radical (unpaired) electrons. The first-order chi connectivity index (χ1) is 10.1. The van der Waals surface area contributed by atoms with E-state index in [0.717, 1.165) is 35.8 Å². The van der Waals surface area contributed by atoms with Crippen LogP contribution in [0.25, 0.3) is 0 Å². The fourth-order valence-electron chi connectivity index (χ4n) is 1.84. The summed E-state index contributed by atoms with van der Waals surface area (Å²) >= 11 is 6.01. The summed E-state index contributed by atoms with van der Waals surface area (Å²) < 4.78 is 5.57. The van der Waals surface area contributed by atoms with Crippen LogP contribution in [0.15, 0.2) is 29.1 Å². The third kappa shape index (κ3) is 4.46. The predicted molar refractivity (Wildman–Crippen MR) is 92.4 cm³/mol. The molecule has 1 heterocycles. The van der Waals surface area contributed by atoms with Crippen LogP contribution >= 0.6 is 32.3 Å². The second-order valence-electron chi connectivity index (χ2n) is 4.78. The Kier molecular flexibility index (Phi) is 6.08. The van der Waals surface area contributed by atoms with E-state index in [1.54, 1.807) is 0 Å². The van der Waals surface area contributed by atoms with Crippen molar-refractivity contribution in [1.29, 1.82) is 0 Å². The number of unbranched alkanes of at least 4 members (excludes halogenated alkanes) is 1. The van der Waals surface area contributed by atoms with Gasteiger partial charge in [-0.05, 0) is 34.5 Å². The maximum absolute atomic E-state index is 11.4. The van der Waals surface area contributed by atoms with Crippen LogP contribution in [0, 0.1) is 0 Å². The summed E-state index contributed by atoms with van der Waals surface area (Å²) in [6.07, 6.45) is 2.20. The normalized spacial score (nSPS) is 10.6. The Balaban J connectivity index is 1.96. The highest BCUT2D eigenvalue weighted by atomic mass is 35.5. The summed E-state index contributed by atoms with van der Waals surface area (Å²) in [5.74, 6) is 0.896. The van der Waals surface area contributed by atoms with Crippen LogP contribution in [0.3, 0.4) is 0 Å². The minimum atomic E-state index is -0.0665. The summed E-state index contributed by atoms with van der Waals surface area (Å²) in [7, 11) is 4.53. The average molecular weight is 344 g/mol. The molecule has 1 aromatic carbocycles. The molecule has 2 aromatic rings. The lowest BCUT2D eigenvalue weighted by molar-refractivity contribution is 0.309. The van der Waals surface area contributed by atoms with Gasteiger partial charge in [-0.15, -0.1) is 0 Å². The Morgan fingerprint density at radius 3 is 2.52 bits per heavy atom. The summed E-state index contributed by atoms with van der Waals surface area (Å²) in [5, 5.41) is 1.15. The molecule has 0 atom stereocenters. The van der Waals surface area contributed by atoms with Gasteiger partial charge in [0.1, 0.15) is 15.8 Å². The molecule has 0 saturated carbocycles. The molecule has 0 fully saturated rings. The molecule has 0 spiro atoms. The lowest BCUT2D eigenvalue weighted by Crippen LogP contribution is -2.16. The smallest absolute Gasteiger partial charge is 0.263 e. The Morgan fingerprint density at radius 2 is 1.95 bits per heavy atom. The number of ether oxygens (including phenoxy) is 1. The van der Waals surface area contributed by atoms with Crippen LogP contribution in [0.2, 0.25) is 5.02 Å². The van der Waals surface area contributed by atoms with Crippen molar-refractivity contribution in [3.05, 3.63) is 44.4 Å². The lowest BCUT2D eigenvalue weighted by atomic mass is 10.2. The van der Waals surface area contributed by atoms with Crippen LogP contribution in [-0.4, -0.2) is 13.7 Å². The number of rotatable bonds is 7. The van der Waals surface area contributed by atoms with Gasteiger partial charge in [-0.2, -0.15) is 0 Å². The number of halogens is 1. The molecule has 0 aliphatic rings. The molecule has 0 saturated heterocycles. The van der Waals surface area contributed by atoms with Crippen molar-refractivity contribution >= 4 is 37.3 Å². The minimum Gasteiger partial charge on any atom is -0.494 e. The fourth-order valence-corrected chi connectivity index (χ4v) is 4.58. The largest absolute Gasteiger partial charge is 0.494 e. The molecule has 0 N–H and O–H groups in total. The van der Waals surface area contributed by atoms with Gasteiger partial charge in [0, 0.05) is 13.6 Å². The number of hydrogen-bond donors (Lipinski definition) is 0. The van der Waals surface area contributed by atoms with Gasteiger partial charge in [-0.25, -0.2) is 0 Å². The van der Waals surface area contributed by atoms with Crippen molar-refractivity contribution in [2.24, 2.45) is 0 Å². The molecule has 0 aliphatic heterocycles. The van der Waals surface area contributed by atoms with Crippen molar-refractivity contribution < 1.29 is 4.74 Å². The highest BCUT2D eigenvalue weighted by Crippen LogP contribution is 2.31. The van der Waals surface area contributed by atoms with Crippen LogP contribution < -0.4 is 14.4 Å². The number of nitrogens with zero attached hydrogens (tertiary/aromatic N) is 1. The summed E-state index contributed by atoms with van der Waals surface area (Å²) in [6.45, 7) is 3.61. The van der Waals surface area contributed by atoms with E-state index in [-0.39, 0.29) is 4.74 Å². The van der Waals surface area contributed by atoms with Gasteiger partial charge in [-0.3, -0.25) is 4.79 Å². The van der Waals surface area contributed by atoms with Gasteiger partial charge in [0.05, 0.1) is 6.61 Å². The molecule has 0 aliphatic carbocycles. The molecule has 3 nitrogen and oxygen atoms in total. The van der Waals surface area contributed by atoms with Gasteiger partial charge in [-0.1, -0.05) is 47.4 Å². The zero-order chi connectivity index (χ0) is 15.2.